The van der Waals surface area contributed by atoms with E-state index in [0.29, 0.717) is 18.6 Å². The van der Waals surface area contributed by atoms with E-state index >= 15 is 0 Å². The quantitative estimate of drug-likeness (QED) is 0.509. The summed E-state index contributed by atoms with van der Waals surface area (Å²) in [6.07, 6.45) is 3.25. The van der Waals surface area contributed by atoms with Gasteiger partial charge in [0.1, 0.15) is 0 Å². The SMILES string of the molecule is NC1CC[C@@H](CO)C1. The van der Waals surface area contributed by atoms with Crippen LogP contribution in [0, 0.1) is 5.92 Å². The summed E-state index contributed by atoms with van der Waals surface area (Å²) in [4.78, 5) is 0. The van der Waals surface area contributed by atoms with Crippen LogP contribution in [-0.2, 0) is 0 Å². The summed E-state index contributed by atoms with van der Waals surface area (Å²) in [6, 6.07) is 0.368. The summed E-state index contributed by atoms with van der Waals surface area (Å²) < 4.78 is 0. The molecule has 0 bridgehead atoms. The van der Waals surface area contributed by atoms with Crippen LogP contribution in [-0.4, -0.2) is 17.8 Å². The maximum absolute atomic E-state index is 8.63. The summed E-state index contributed by atoms with van der Waals surface area (Å²) in [7, 11) is 0. The van der Waals surface area contributed by atoms with Gasteiger partial charge in [0.25, 0.3) is 0 Å². The van der Waals surface area contributed by atoms with E-state index in [2.05, 4.69) is 0 Å². The van der Waals surface area contributed by atoms with E-state index in [0.717, 1.165) is 19.3 Å². The lowest BCUT2D eigenvalue weighted by Gasteiger charge is -2.01. The molecule has 0 aromatic heterocycles. The zero-order chi connectivity index (χ0) is 5.98. The molecule has 2 heteroatoms. The van der Waals surface area contributed by atoms with E-state index in [1.54, 1.807) is 0 Å². The van der Waals surface area contributed by atoms with Crippen LogP contribution in [0.25, 0.3) is 0 Å². The van der Waals surface area contributed by atoms with Crippen molar-refractivity contribution in [1.29, 1.82) is 0 Å². The molecule has 0 aliphatic heterocycles. The van der Waals surface area contributed by atoms with E-state index in [4.69, 9.17) is 10.8 Å². The number of rotatable bonds is 1. The minimum absolute atomic E-state index is 0.327. The Bertz CT molecular complexity index is 74.9. The molecule has 0 heterocycles. The molecule has 1 unspecified atom stereocenters. The maximum Gasteiger partial charge on any atom is 0.0459 e. The van der Waals surface area contributed by atoms with Crippen molar-refractivity contribution in [3.05, 3.63) is 0 Å². The topological polar surface area (TPSA) is 46.2 Å². The molecule has 2 nitrogen and oxygen atoms in total. The third kappa shape index (κ3) is 1.20. The fourth-order valence-corrected chi connectivity index (χ4v) is 1.28. The molecule has 1 fully saturated rings. The second-order valence-electron chi connectivity index (χ2n) is 2.62. The first-order chi connectivity index (χ1) is 3.83. The number of nitrogens with two attached hydrogens (primary N) is 1. The smallest absolute Gasteiger partial charge is 0.0459 e. The maximum atomic E-state index is 8.63. The lowest BCUT2D eigenvalue weighted by molar-refractivity contribution is 0.229. The average Bonchev–Trinajstić information content (AvgIpc) is 2.14. The van der Waals surface area contributed by atoms with Gasteiger partial charge in [-0.25, -0.2) is 0 Å². The van der Waals surface area contributed by atoms with Gasteiger partial charge in [-0.2, -0.15) is 0 Å². The van der Waals surface area contributed by atoms with Crippen molar-refractivity contribution in [3.63, 3.8) is 0 Å². The van der Waals surface area contributed by atoms with Crippen LogP contribution >= 0.6 is 0 Å². The van der Waals surface area contributed by atoms with Crippen LogP contribution in [0.5, 0.6) is 0 Å². The Morgan fingerprint density at radius 2 is 2.25 bits per heavy atom. The molecule has 1 aliphatic carbocycles. The molecular formula is C6H13NO. The van der Waals surface area contributed by atoms with E-state index in [1.807, 2.05) is 0 Å². The Balaban J connectivity index is 2.22. The summed E-state index contributed by atoms with van der Waals surface area (Å²) in [6.45, 7) is 0.327. The van der Waals surface area contributed by atoms with Crippen LogP contribution in [0.1, 0.15) is 19.3 Å². The molecule has 0 aromatic carbocycles. The summed E-state index contributed by atoms with van der Waals surface area (Å²) in [5.41, 5.74) is 5.59. The molecule has 0 saturated heterocycles. The molecule has 0 radical (unpaired) electrons. The van der Waals surface area contributed by atoms with Crippen molar-refractivity contribution in [2.75, 3.05) is 6.61 Å². The third-order valence-corrected chi connectivity index (χ3v) is 1.84. The molecule has 2 atom stereocenters. The van der Waals surface area contributed by atoms with Gasteiger partial charge < -0.3 is 10.8 Å². The highest BCUT2D eigenvalue weighted by atomic mass is 16.3. The van der Waals surface area contributed by atoms with Gasteiger partial charge in [0.15, 0.2) is 0 Å². The van der Waals surface area contributed by atoms with Gasteiger partial charge in [-0.3, -0.25) is 0 Å². The van der Waals surface area contributed by atoms with Gasteiger partial charge in [0.05, 0.1) is 0 Å². The Labute approximate surface area is 49.7 Å². The molecule has 0 spiro atoms. The first-order valence-electron chi connectivity index (χ1n) is 3.19. The van der Waals surface area contributed by atoms with Crippen molar-refractivity contribution in [1.82, 2.24) is 0 Å². The fraction of sp³-hybridized carbons (Fsp3) is 1.00. The standard InChI is InChI=1S/C6H13NO/c7-6-2-1-5(3-6)4-8/h5-6,8H,1-4,7H2/t5-,6?/m1/s1. The second-order valence-corrected chi connectivity index (χ2v) is 2.62. The van der Waals surface area contributed by atoms with Gasteiger partial charge in [-0.1, -0.05) is 0 Å². The van der Waals surface area contributed by atoms with Gasteiger partial charge in [-0.05, 0) is 25.2 Å². The normalized spacial score (nSPS) is 38.2. The molecular weight excluding hydrogens is 102 g/mol. The molecule has 8 heavy (non-hydrogen) atoms. The highest BCUT2D eigenvalue weighted by Gasteiger charge is 2.19. The Hall–Kier alpha value is -0.0800. The fourth-order valence-electron chi connectivity index (χ4n) is 1.28. The Morgan fingerprint density at radius 3 is 2.50 bits per heavy atom. The van der Waals surface area contributed by atoms with Gasteiger partial charge in [0, 0.05) is 12.6 Å². The summed E-state index contributed by atoms with van der Waals surface area (Å²) >= 11 is 0. The molecule has 3 N–H and O–H groups in total. The minimum atomic E-state index is 0.327. The number of aliphatic hydroxyl groups is 1. The Morgan fingerprint density at radius 1 is 1.50 bits per heavy atom. The highest BCUT2D eigenvalue weighted by Crippen LogP contribution is 2.22. The zero-order valence-electron chi connectivity index (χ0n) is 5.01. The number of hydrogen-bond acceptors (Lipinski definition) is 2. The van der Waals surface area contributed by atoms with Crippen molar-refractivity contribution >= 4 is 0 Å². The van der Waals surface area contributed by atoms with E-state index in [1.165, 1.54) is 0 Å². The lowest BCUT2D eigenvalue weighted by Crippen LogP contribution is -2.15. The Kier molecular flexibility index (Phi) is 1.86. The lowest BCUT2D eigenvalue weighted by atomic mass is 10.1. The largest absolute Gasteiger partial charge is 0.396 e. The van der Waals surface area contributed by atoms with Gasteiger partial charge in [0.2, 0.25) is 0 Å². The van der Waals surface area contributed by atoms with Crippen molar-refractivity contribution in [2.45, 2.75) is 25.3 Å². The summed E-state index contributed by atoms with van der Waals surface area (Å²) in [5, 5.41) is 8.63. The molecule has 1 aliphatic rings. The monoisotopic (exact) mass is 115 g/mol. The zero-order valence-corrected chi connectivity index (χ0v) is 5.01. The predicted molar refractivity (Wildman–Crippen MR) is 32.4 cm³/mol. The third-order valence-electron chi connectivity index (χ3n) is 1.84. The average molecular weight is 115 g/mol. The van der Waals surface area contributed by atoms with Crippen LogP contribution in [0.15, 0.2) is 0 Å². The van der Waals surface area contributed by atoms with Crippen molar-refractivity contribution in [3.8, 4) is 0 Å². The molecule has 48 valence electrons. The molecule has 1 rings (SSSR count). The van der Waals surface area contributed by atoms with E-state index < -0.39 is 0 Å². The van der Waals surface area contributed by atoms with Crippen molar-refractivity contribution < 1.29 is 5.11 Å². The first-order valence-corrected chi connectivity index (χ1v) is 3.19. The molecule has 1 saturated carbocycles. The van der Waals surface area contributed by atoms with Gasteiger partial charge >= 0.3 is 0 Å². The van der Waals surface area contributed by atoms with Gasteiger partial charge in [-0.15, -0.1) is 0 Å². The van der Waals surface area contributed by atoms with E-state index in [-0.39, 0.29) is 0 Å². The predicted octanol–water partition coefficient (Wildman–Crippen LogP) is 0.106. The number of aliphatic hydroxyl groups excluding tert-OH is 1. The minimum Gasteiger partial charge on any atom is -0.396 e. The highest BCUT2D eigenvalue weighted by molar-refractivity contribution is 4.76. The number of hydrogen-bond donors (Lipinski definition) is 2. The first kappa shape index (κ1) is 6.05. The van der Waals surface area contributed by atoms with Crippen molar-refractivity contribution in [2.24, 2.45) is 11.7 Å². The van der Waals surface area contributed by atoms with Crippen LogP contribution in [0.3, 0.4) is 0 Å². The van der Waals surface area contributed by atoms with Crippen LogP contribution < -0.4 is 5.73 Å². The molecule has 0 aromatic rings. The molecule has 0 amide bonds. The van der Waals surface area contributed by atoms with Crippen LogP contribution in [0.4, 0.5) is 0 Å². The summed E-state index contributed by atoms with van der Waals surface area (Å²) in [5.74, 6) is 0.505. The second kappa shape index (κ2) is 2.46. The van der Waals surface area contributed by atoms with Crippen LogP contribution in [0.2, 0.25) is 0 Å². The van der Waals surface area contributed by atoms with E-state index in [9.17, 15) is 0 Å².